The van der Waals surface area contributed by atoms with Crippen LogP contribution in [0, 0.1) is 5.92 Å². The standard InChI is InChI=1S/C13H21NO2/c1-5-8-14-11(9-10(2)3)6-7-12(14)13(15)16-4/h6-7,10H,5,8-9H2,1-4H3. The predicted octanol–water partition coefficient (Wildman–Crippen LogP) is 2.88. The number of methoxy groups -OCH3 is 1. The van der Waals surface area contributed by atoms with Gasteiger partial charge in [0, 0.05) is 12.2 Å². The predicted molar refractivity (Wildman–Crippen MR) is 64.6 cm³/mol. The fraction of sp³-hybridized carbons (Fsp3) is 0.615. The van der Waals surface area contributed by atoms with E-state index >= 15 is 0 Å². The molecule has 1 rings (SSSR count). The largest absolute Gasteiger partial charge is 0.464 e. The molecule has 0 atom stereocenters. The maximum atomic E-state index is 11.6. The van der Waals surface area contributed by atoms with Crippen molar-refractivity contribution in [2.75, 3.05) is 7.11 Å². The monoisotopic (exact) mass is 223 g/mol. The Kier molecular flexibility index (Phi) is 4.59. The van der Waals surface area contributed by atoms with E-state index in [1.165, 1.54) is 12.8 Å². The second-order valence-corrected chi connectivity index (χ2v) is 4.45. The van der Waals surface area contributed by atoms with Crippen LogP contribution >= 0.6 is 0 Å². The summed E-state index contributed by atoms with van der Waals surface area (Å²) in [5.41, 5.74) is 1.89. The summed E-state index contributed by atoms with van der Waals surface area (Å²) >= 11 is 0. The molecular formula is C13H21NO2. The summed E-state index contributed by atoms with van der Waals surface area (Å²) in [7, 11) is 1.42. The van der Waals surface area contributed by atoms with Gasteiger partial charge in [0.15, 0.2) is 0 Å². The van der Waals surface area contributed by atoms with Crippen molar-refractivity contribution in [1.82, 2.24) is 4.57 Å². The molecule has 1 aromatic heterocycles. The Morgan fingerprint density at radius 2 is 2.12 bits per heavy atom. The van der Waals surface area contributed by atoms with Crippen molar-refractivity contribution < 1.29 is 9.53 Å². The van der Waals surface area contributed by atoms with Gasteiger partial charge in [-0.3, -0.25) is 0 Å². The van der Waals surface area contributed by atoms with Gasteiger partial charge >= 0.3 is 5.97 Å². The third-order valence-corrected chi connectivity index (χ3v) is 2.53. The fourth-order valence-corrected chi connectivity index (χ4v) is 1.88. The average molecular weight is 223 g/mol. The summed E-state index contributed by atoms with van der Waals surface area (Å²) in [5.74, 6) is 0.347. The van der Waals surface area contributed by atoms with Gasteiger partial charge in [0.2, 0.25) is 0 Å². The molecule has 0 aliphatic rings. The molecule has 0 unspecified atom stereocenters. The third-order valence-electron chi connectivity index (χ3n) is 2.53. The minimum Gasteiger partial charge on any atom is -0.464 e. The molecule has 1 aromatic rings. The molecule has 0 spiro atoms. The maximum absolute atomic E-state index is 11.6. The average Bonchev–Trinajstić information content (AvgIpc) is 2.61. The Bertz CT molecular complexity index is 353. The zero-order valence-corrected chi connectivity index (χ0v) is 10.6. The molecule has 0 bridgehead atoms. The van der Waals surface area contributed by atoms with Crippen molar-refractivity contribution in [3.63, 3.8) is 0 Å². The van der Waals surface area contributed by atoms with Crippen LogP contribution in [-0.2, 0) is 17.7 Å². The van der Waals surface area contributed by atoms with Gasteiger partial charge in [-0.15, -0.1) is 0 Å². The Morgan fingerprint density at radius 3 is 2.62 bits per heavy atom. The quantitative estimate of drug-likeness (QED) is 0.719. The zero-order valence-electron chi connectivity index (χ0n) is 10.6. The lowest BCUT2D eigenvalue weighted by Gasteiger charge is -2.12. The van der Waals surface area contributed by atoms with Gasteiger partial charge < -0.3 is 9.30 Å². The van der Waals surface area contributed by atoms with Crippen LogP contribution in [0.1, 0.15) is 43.4 Å². The van der Waals surface area contributed by atoms with Gasteiger partial charge in [-0.05, 0) is 30.9 Å². The van der Waals surface area contributed by atoms with Gasteiger partial charge in [0.05, 0.1) is 7.11 Å². The fourth-order valence-electron chi connectivity index (χ4n) is 1.88. The van der Waals surface area contributed by atoms with E-state index in [0.29, 0.717) is 11.6 Å². The molecule has 0 fully saturated rings. The molecule has 0 aliphatic carbocycles. The molecular weight excluding hydrogens is 202 g/mol. The van der Waals surface area contributed by atoms with Crippen LogP contribution in [0.2, 0.25) is 0 Å². The Morgan fingerprint density at radius 1 is 1.44 bits per heavy atom. The lowest BCUT2D eigenvalue weighted by Crippen LogP contribution is -2.13. The van der Waals surface area contributed by atoms with E-state index in [2.05, 4.69) is 25.3 Å². The van der Waals surface area contributed by atoms with Crippen molar-refractivity contribution in [2.45, 2.75) is 40.2 Å². The van der Waals surface area contributed by atoms with Crippen LogP contribution in [0.15, 0.2) is 12.1 Å². The summed E-state index contributed by atoms with van der Waals surface area (Å²) in [5, 5.41) is 0. The molecule has 1 heterocycles. The van der Waals surface area contributed by atoms with Crippen LogP contribution < -0.4 is 0 Å². The first kappa shape index (κ1) is 12.8. The van der Waals surface area contributed by atoms with E-state index in [0.717, 1.165) is 19.4 Å². The molecule has 0 N–H and O–H groups in total. The molecule has 0 saturated carbocycles. The summed E-state index contributed by atoms with van der Waals surface area (Å²) in [6.45, 7) is 7.35. The van der Waals surface area contributed by atoms with E-state index in [4.69, 9.17) is 4.74 Å². The number of carbonyl (C=O) groups is 1. The Hall–Kier alpha value is -1.25. The minimum absolute atomic E-state index is 0.247. The van der Waals surface area contributed by atoms with E-state index in [1.807, 2.05) is 12.1 Å². The van der Waals surface area contributed by atoms with Crippen molar-refractivity contribution in [1.29, 1.82) is 0 Å². The molecule has 0 aromatic carbocycles. The molecule has 0 amide bonds. The van der Waals surface area contributed by atoms with Gasteiger partial charge in [-0.1, -0.05) is 20.8 Å². The van der Waals surface area contributed by atoms with Gasteiger partial charge in [0.1, 0.15) is 5.69 Å². The SMILES string of the molecule is CCCn1c(CC(C)C)ccc1C(=O)OC. The summed E-state index contributed by atoms with van der Waals surface area (Å²) in [6, 6.07) is 3.89. The first-order chi connectivity index (χ1) is 7.60. The number of ether oxygens (including phenoxy) is 1. The van der Waals surface area contributed by atoms with Crippen molar-refractivity contribution in [2.24, 2.45) is 5.92 Å². The van der Waals surface area contributed by atoms with E-state index in [1.54, 1.807) is 0 Å². The molecule has 0 saturated heterocycles. The zero-order chi connectivity index (χ0) is 12.1. The third kappa shape index (κ3) is 2.87. The Balaban J connectivity index is 3.01. The molecule has 16 heavy (non-hydrogen) atoms. The van der Waals surface area contributed by atoms with E-state index < -0.39 is 0 Å². The summed E-state index contributed by atoms with van der Waals surface area (Å²) in [6.07, 6.45) is 2.01. The number of carbonyl (C=O) groups excluding carboxylic acids is 1. The number of rotatable bonds is 5. The van der Waals surface area contributed by atoms with Crippen molar-refractivity contribution in [3.05, 3.63) is 23.5 Å². The number of aromatic nitrogens is 1. The highest BCUT2D eigenvalue weighted by atomic mass is 16.5. The normalized spacial score (nSPS) is 10.8. The summed E-state index contributed by atoms with van der Waals surface area (Å²) < 4.78 is 6.86. The van der Waals surface area contributed by atoms with Gasteiger partial charge in [0.25, 0.3) is 0 Å². The van der Waals surface area contributed by atoms with Crippen LogP contribution in [0.25, 0.3) is 0 Å². The maximum Gasteiger partial charge on any atom is 0.354 e. The smallest absolute Gasteiger partial charge is 0.354 e. The molecule has 0 aliphatic heterocycles. The highest BCUT2D eigenvalue weighted by Crippen LogP contribution is 2.15. The Labute approximate surface area is 97.4 Å². The molecule has 3 nitrogen and oxygen atoms in total. The van der Waals surface area contributed by atoms with Crippen LogP contribution in [0.3, 0.4) is 0 Å². The highest BCUT2D eigenvalue weighted by molar-refractivity contribution is 5.87. The first-order valence-corrected chi connectivity index (χ1v) is 5.86. The minimum atomic E-state index is -0.247. The van der Waals surface area contributed by atoms with Crippen LogP contribution in [-0.4, -0.2) is 17.6 Å². The first-order valence-electron chi connectivity index (χ1n) is 5.86. The van der Waals surface area contributed by atoms with E-state index in [9.17, 15) is 4.79 Å². The molecule has 3 heteroatoms. The van der Waals surface area contributed by atoms with Crippen LogP contribution in [0.5, 0.6) is 0 Å². The number of hydrogen-bond donors (Lipinski definition) is 0. The van der Waals surface area contributed by atoms with Crippen LogP contribution in [0.4, 0.5) is 0 Å². The molecule has 0 radical (unpaired) electrons. The lowest BCUT2D eigenvalue weighted by molar-refractivity contribution is 0.0588. The number of nitrogens with zero attached hydrogens (tertiary/aromatic N) is 1. The topological polar surface area (TPSA) is 31.2 Å². The lowest BCUT2D eigenvalue weighted by atomic mass is 10.1. The van der Waals surface area contributed by atoms with Crippen molar-refractivity contribution in [3.8, 4) is 0 Å². The summed E-state index contributed by atoms with van der Waals surface area (Å²) in [4.78, 5) is 11.6. The van der Waals surface area contributed by atoms with E-state index in [-0.39, 0.29) is 5.97 Å². The molecule has 90 valence electrons. The van der Waals surface area contributed by atoms with Crippen molar-refractivity contribution >= 4 is 5.97 Å². The second-order valence-electron chi connectivity index (χ2n) is 4.45. The highest BCUT2D eigenvalue weighted by Gasteiger charge is 2.15. The number of esters is 1. The second kappa shape index (κ2) is 5.73. The number of hydrogen-bond acceptors (Lipinski definition) is 2. The van der Waals surface area contributed by atoms with Gasteiger partial charge in [-0.25, -0.2) is 4.79 Å². The van der Waals surface area contributed by atoms with Gasteiger partial charge in [-0.2, -0.15) is 0 Å².